The van der Waals surface area contributed by atoms with Gasteiger partial charge in [-0.25, -0.2) is 0 Å². The smallest absolute Gasteiger partial charge is 0.0714 e. The van der Waals surface area contributed by atoms with Crippen LogP contribution in [0.25, 0.3) is 88.0 Å². The Morgan fingerprint density at radius 1 is 0.243 bits per heavy atom. The van der Waals surface area contributed by atoms with Crippen LogP contribution >= 0.6 is 0 Å². The molecule has 0 spiro atoms. The highest BCUT2D eigenvalue weighted by Gasteiger charge is 2.47. The average molecular weight is 940 g/mol. The zero-order valence-corrected chi connectivity index (χ0v) is 40.7. The molecular formula is C73H49N. The third kappa shape index (κ3) is 7.00. The zero-order chi connectivity index (χ0) is 49.0. The molecular weight excluding hydrogens is 891 g/mol. The van der Waals surface area contributed by atoms with E-state index in [9.17, 15) is 0 Å². The van der Waals surface area contributed by atoms with Crippen LogP contribution in [-0.4, -0.2) is 0 Å². The molecule has 0 atom stereocenters. The molecule has 14 rings (SSSR count). The van der Waals surface area contributed by atoms with E-state index in [0.717, 1.165) is 22.6 Å². The van der Waals surface area contributed by atoms with Crippen molar-refractivity contribution in [2.75, 3.05) is 4.90 Å². The number of rotatable bonds is 9. The molecule has 0 amide bonds. The van der Waals surface area contributed by atoms with Gasteiger partial charge in [-0.3, -0.25) is 0 Å². The lowest BCUT2D eigenvalue weighted by Crippen LogP contribution is -2.28. The Labute approximate surface area is 432 Å². The second kappa shape index (κ2) is 17.9. The van der Waals surface area contributed by atoms with E-state index in [1.807, 2.05) is 0 Å². The maximum Gasteiger partial charge on any atom is 0.0714 e. The Hall–Kier alpha value is -9.56. The number of nitrogens with zero attached hydrogens (tertiary/aromatic N) is 1. The lowest BCUT2D eigenvalue weighted by molar-refractivity contribution is 0.768. The summed E-state index contributed by atoms with van der Waals surface area (Å²) in [4.78, 5) is 2.49. The van der Waals surface area contributed by atoms with Crippen molar-refractivity contribution in [1.82, 2.24) is 0 Å². The van der Waals surface area contributed by atoms with Crippen LogP contribution in [0.1, 0.15) is 22.3 Å². The molecule has 0 aliphatic heterocycles. The van der Waals surface area contributed by atoms with Gasteiger partial charge in [0.05, 0.1) is 11.1 Å². The molecule has 74 heavy (non-hydrogen) atoms. The maximum absolute atomic E-state index is 2.49. The molecule has 13 aromatic rings. The third-order valence-electron chi connectivity index (χ3n) is 15.5. The first-order valence-electron chi connectivity index (χ1n) is 25.7. The predicted molar refractivity (Wildman–Crippen MR) is 313 cm³/mol. The summed E-state index contributed by atoms with van der Waals surface area (Å²) >= 11 is 0. The lowest BCUT2D eigenvalue weighted by atomic mass is 9.68. The van der Waals surface area contributed by atoms with Gasteiger partial charge in [-0.05, 0) is 147 Å². The SMILES string of the molecule is c1ccc(-c2c(-c3ccccc3)c3cc(-c4ccc(N(c5cccc(-c6ccc7ccccc7c6)c5)c5cccc6c5-c5ccccc5C6(c5ccccc5)c5ccccc5)cc4)ccc3c3ccccc23)cc1. The standard InChI is InChI=1S/C73H49N/c1-5-22-52(23-6-1)70-64-34-16-15-33-62(64)63-46-43-57(49-66(63)71(70)53-24-7-2-8-25-53)51-41-44-60(45-42-51)74(61-32-19-27-55(48-61)56-40-39-50-21-13-14-26-54(50)47-56)69-38-20-37-68-72(69)65-35-17-18-36-67(65)73(68,58-28-9-3-10-29-58)59-30-11-4-12-31-59/h1-49H. The first-order chi connectivity index (χ1) is 36.7. The van der Waals surface area contributed by atoms with Crippen LogP contribution in [0.15, 0.2) is 297 Å². The summed E-state index contributed by atoms with van der Waals surface area (Å²) in [6, 6.07) is 110. The fourth-order valence-corrected chi connectivity index (χ4v) is 12.3. The maximum atomic E-state index is 2.49. The summed E-state index contributed by atoms with van der Waals surface area (Å²) < 4.78 is 0. The Morgan fingerprint density at radius 3 is 1.46 bits per heavy atom. The van der Waals surface area contributed by atoms with E-state index < -0.39 is 5.41 Å². The largest absolute Gasteiger partial charge is 0.310 e. The van der Waals surface area contributed by atoms with Gasteiger partial charge in [0.1, 0.15) is 0 Å². The highest BCUT2D eigenvalue weighted by Crippen LogP contribution is 2.59. The van der Waals surface area contributed by atoms with E-state index >= 15 is 0 Å². The van der Waals surface area contributed by atoms with E-state index in [-0.39, 0.29) is 0 Å². The summed E-state index contributed by atoms with van der Waals surface area (Å²) in [6.45, 7) is 0. The normalized spacial score (nSPS) is 12.4. The summed E-state index contributed by atoms with van der Waals surface area (Å²) in [5.74, 6) is 0. The minimum Gasteiger partial charge on any atom is -0.310 e. The van der Waals surface area contributed by atoms with Crippen molar-refractivity contribution in [3.8, 4) is 55.6 Å². The van der Waals surface area contributed by atoms with E-state index in [2.05, 4.69) is 302 Å². The fraction of sp³-hybridized carbons (Fsp3) is 0.0137. The summed E-state index contributed by atoms with van der Waals surface area (Å²) in [5, 5.41) is 7.46. The molecule has 1 aliphatic rings. The van der Waals surface area contributed by atoms with Gasteiger partial charge < -0.3 is 4.90 Å². The van der Waals surface area contributed by atoms with Crippen LogP contribution in [0.2, 0.25) is 0 Å². The van der Waals surface area contributed by atoms with Crippen molar-refractivity contribution in [3.63, 3.8) is 0 Å². The van der Waals surface area contributed by atoms with E-state index in [4.69, 9.17) is 0 Å². The molecule has 0 aromatic heterocycles. The van der Waals surface area contributed by atoms with E-state index in [1.54, 1.807) is 0 Å². The molecule has 0 fully saturated rings. The van der Waals surface area contributed by atoms with Crippen LogP contribution in [0.3, 0.4) is 0 Å². The second-order valence-electron chi connectivity index (χ2n) is 19.5. The summed E-state index contributed by atoms with van der Waals surface area (Å²) in [5.41, 5.74) is 19.9. The van der Waals surface area contributed by atoms with Gasteiger partial charge in [0.15, 0.2) is 0 Å². The predicted octanol–water partition coefficient (Wildman–Crippen LogP) is 19.6. The van der Waals surface area contributed by atoms with Gasteiger partial charge in [0.2, 0.25) is 0 Å². The number of fused-ring (bicyclic) bond motifs is 7. The molecule has 0 heterocycles. The van der Waals surface area contributed by atoms with Gasteiger partial charge in [0, 0.05) is 16.9 Å². The van der Waals surface area contributed by atoms with E-state index in [1.165, 1.54) is 105 Å². The summed E-state index contributed by atoms with van der Waals surface area (Å²) in [7, 11) is 0. The molecule has 346 valence electrons. The van der Waals surface area contributed by atoms with Crippen molar-refractivity contribution in [2.45, 2.75) is 5.41 Å². The molecule has 0 saturated heterocycles. The molecule has 0 bridgehead atoms. The van der Waals surface area contributed by atoms with Crippen molar-refractivity contribution in [1.29, 1.82) is 0 Å². The quantitative estimate of drug-likeness (QED) is 0.130. The third-order valence-corrected chi connectivity index (χ3v) is 15.5. The highest BCUT2D eigenvalue weighted by molar-refractivity contribution is 6.22. The molecule has 0 unspecified atom stereocenters. The van der Waals surface area contributed by atoms with Gasteiger partial charge in [0.25, 0.3) is 0 Å². The van der Waals surface area contributed by atoms with Crippen molar-refractivity contribution >= 4 is 49.4 Å². The summed E-state index contributed by atoms with van der Waals surface area (Å²) in [6.07, 6.45) is 0. The number of hydrogen-bond acceptors (Lipinski definition) is 1. The molecule has 1 aliphatic carbocycles. The van der Waals surface area contributed by atoms with Crippen molar-refractivity contribution in [3.05, 3.63) is 320 Å². The van der Waals surface area contributed by atoms with Gasteiger partial charge >= 0.3 is 0 Å². The zero-order valence-electron chi connectivity index (χ0n) is 40.7. The first-order valence-corrected chi connectivity index (χ1v) is 25.7. The highest BCUT2D eigenvalue weighted by atomic mass is 15.1. The van der Waals surface area contributed by atoms with Crippen LogP contribution in [0.5, 0.6) is 0 Å². The number of hydrogen-bond donors (Lipinski definition) is 0. The fourth-order valence-electron chi connectivity index (χ4n) is 12.3. The monoisotopic (exact) mass is 939 g/mol. The van der Waals surface area contributed by atoms with Crippen LogP contribution in [0.4, 0.5) is 17.1 Å². The van der Waals surface area contributed by atoms with Gasteiger partial charge in [-0.2, -0.15) is 0 Å². The Kier molecular flexibility index (Phi) is 10.5. The second-order valence-corrected chi connectivity index (χ2v) is 19.5. The first kappa shape index (κ1) is 43.2. The molecule has 13 aromatic carbocycles. The molecule has 1 heteroatoms. The van der Waals surface area contributed by atoms with Crippen LogP contribution in [-0.2, 0) is 5.41 Å². The van der Waals surface area contributed by atoms with Crippen molar-refractivity contribution in [2.24, 2.45) is 0 Å². The van der Waals surface area contributed by atoms with E-state index in [0.29, 0.717) is 0 Å². The van der Waals surface area contributed by atoms with Gasteiger partial charge in [-0.15, -0.1) is 0 Å². The Morgan fingerprint density at radius 2 is 0.743 bits per heavy atom. The van der Waals surface area contributed by atoms with Crippen molar-refractivity contribution < 1.29 is 0 Å². The topological polar surface area (TPSA) is 3.24 Å². The van der Waals surface area contributed by atoms with Crippen LogP contribution < -0.4 is 4.90 Å². The number of benzene rings is 13. The minimum atomic E-state index is -0.534. The van der Waals surface area contributed by atoms with Gasteiger partial charge in [-0.1, -0.05) is 255 Å². The lowest BCUT2D eigenvalue weighted by Gasteiger charge is -2.34. The molecule has 0 radical (unpaired) electrons. The van der Waals surface area contributed by atoms with Crippen LogP contribution in [0, 0.1) is 0 Å². The average Bonchev–Trinajstić information content (AvgIpc) is 3.80. The Balaban J connectivity index is 0.975. The minimum absolute atomic E-state index is 0.534. The molecule has 0 saturated carbocycles. The number of anilines is 3. The Bertz CT molecular complexity index is 4180. The molecule has 1 nitrogen and oxygen atoms in total. The molecule has 0 N–H and O–H groups in total.